The Balaban J connectivity index is 1.86. The minimum atomic E-state index is -0.0430. The Bertz CT molecular complexity index is 409. The first-order chi connectivity index (χ1) is 8.65. The van der Waals surface area contributed by atoms with Crippen molar-refractivity contribution in [1.82, 2.24) is 15.2 Å². The Morgan fingerprint density at radius 3 is 3.17 bits per heavy atom. The molecule has 0 unspecified atom stereocenters. The summed E-state index contributed by atoms with van der Waals surface area (Å²) in [5, 5.41) is 6.62. The van der Waals surface area contributed by atoms with Crippen LogP contribution in [0.3, 0.4) is 0 Å². The van der Waals surface area contributed by atoms with Crippen molar-refractivity contribution in [3.8, 4) is 0 Å². The summed E-state index contributed by atoms with van der Waals surface area (Å²) >= 11 is 5.73. The van der Waals surface area contributed by atoms with Gasteiger partial charge in [-0.15, -0.1) is 0 Å². The summed E-state index contributed by atoms with van der Waals surface area (Å²) in [5.41, 5.74) is 0. The van der Waals surface area contributed by atoms with Crippen LogP contribution in [-0.2, 0) is 4.79 Å². The minimum Gasteiger partial charge on any atom is -0.314 e. The number of pyridine rings is 1. The number of rotatable bonds is 3. The molecule has 1 aliphatic heterocycles. The summed E-state index contributed by atoms with van der Waals surface area (Å²) in [5.74, 6) is 0.491. The Labute approximate surface area is 112 Å². The molecular formula is C12H17ClN4O. The molecule has 0 spiro atoms. The highest BCUT2D eigenvalue weighted by atomic mass is 35.5. The molecule has 2 rings (SSSR count). The maximum Gasteiger partial charge on any atom is 0.239 e. The van der Waals surface area contributed by atoms with E-state index < -0.39 is 0 Å². The summed E-state index contributed by atoms with van der Waals surface area (Å²) in [4.78, 5) is 18.1. The third kappa shape index (κ3) is 3.66. The van der Waals surface area contributed by atoms with Gasteiger partial charge in [-0.25, -0.2) is 4.98 Å². The fraction of sp³-hybridized carbons (Fsp3) is 0.500. The van der Waals surface area contributed by atoms with E-state index in [0.717, 1.165) is 19.6 Å². The van der Waals surface area contributed by atoms with Crippen LogP contribution in [0.2, 0.25) is 5.02 Å². The minimum absolute atomic E-state index is 0.0430. The van der Waals surface area contributed by atoms with Gasteiger partial charge in [-0.05, 0) is 19.1 Å². The van der Waals surface area contributed by atoms with Gasteiger partial charge in [0.1, 0.15) is 5.82 Å². The van der Waals surface area contributed by atoms with Crippen LogP contribution in [0.4, 0.5) is 5.82 Å². The lowest BCUT2D eigenvalue weighted by Crippen LogP contribution is -2.52. The zero-order chi connectivity index (χ0) is 13.0. The lowest BCUT2D eigenvalue weighted by Gasteiger charge is -2.33. The highest BCUT2D eigenvalue weighted by Crippen LogP contribution is 2.10. The molecule has 18 heavy (non-hydrogen) atoms. The summed E-state index contributed by atoms with van der Waals surface area (Å²) < 4.78 is 0. The van der Waals surface area contributed by atoms with E-state index in [0.29, 0.717) is 23.4 Å². The molecule has 1 saturated heterocycles. The lowest BCUT2D eigenvalue weighted by molar-refractivity contribution is -0.118. The second-order valence-corrected chi connectivity index (χ2v) is 4.87. The van der Waals surface area contributed by atoms with Gasteiger partial charge in [-0.2, -0.15) is 0 Å². The van der Waals surface area contributed by atoms with E-state index in [1.165, 1.54) is 6.20 Å². The average Bonchev–Trinajstić information content (AvgIpc) is 2.35. The van der Waals surface area contributed by atoms with Crippen LogP contribution in [0.25, 0.3) is 0 Å². The molecule has 1 aliphatic rings. The van der Waals surface area contributed by atoms with E-state index in [9.17, 15) is 4.79 Å². The van der Waals surface area contributed by atoms with Crippen LogP contribution >= 0.6 is 11.6 Å². The topological polar surface area (TPSA) is 57.3 Å². The number of piperazine rings is 1. The standard InChI is InChI=1S/C12H17ClN4O/c1-9-6-14-4-5-17(9)8-12(18)16-11-3-2-10(13)7-15-11/h2-3,7,9,14H,4-6,8H2,1H3,(H,15,16,18)/t9-/m0/s1. The fourth-order valence-electron chi connectivity index (χ4n) is 1.93. The second-order valence-electron chi connectivity index (χ2n) is 4.43. The number of aromatic nitrogens is 1. The molecule has 2 N–H and O–H groups in total. The van der Waals surface area contributed by atoms with Crippen molar-refractivity contribution in [1.29, 1.82) is 0 Å². The zero-order valence-electron chi connectivity index (χ0n) is 10.3. The van der Waals surface area contributed by atoms with Gasteiger partial charge in [0.2, 0.25) is 5.91 Å². The average molecular weight is 269 g/mol. The number of anilines is 1. The monoisotopic (exact) mass is 268 g/mol. The molecule has 98 valence electrons. The first kappa shape index (κ1) is 13.3. The van der Waals surface area contributed by atoms with Gasteiger partial charge >= 0.3 is 0 Å². The van der Waals surface area contributed by atoms with E-state index in [-0.39, 0.29) is 5.91 Å². The van der Waals surface area contributed by atoms with E-state index in [1.54, 1.807) is 12.1 Å². The fourth-order valence-corrected chi connectivity index (χ4v) is 2.05. The molecule has 0 bridgehead atoms. The van der Waals surface area contributed by atoms with Crippen molar-refractivity contribution in [3.05, 3.63) is 23.4 Å². The van der Waals surface area contributed by atoms with Crippen molar-refractivity contribution in [3.63, 3.8) is 0 Å². The van der Waals surface area contributed by atoms with Gasteiger partial charge < -0.3 is 10.6 Å². The molecule has 0 aromatic carbocycles. The Kier molecular flexibility index (Phi) is 4.52. The molecule has 6 heteroatoms. The lowest BCUT2D eigenvalue weighted by atomic mass is 10.2. The predicted octanol–water partition coefficient (Wildman–Crippen LogP) is 0.967. The molecule has 2 heterocycles. The van der Waals surface area contributed by atoms with Gasteiger partial charge in [-0.3, -0.25) is 9.69 Å². The van der Waals surface area contributed by atoms with Crippen molar-refractivity contribution in [2.24, 2.45) is 0 Å². The number of amides is 1. The molecule has 1 aromatic rings. The van der Waals surface area contributed by atoms with Crippen LogP contribution in [0.15, 0.2) is 18.3 Å². The Morgan fingerprint density at radius 1 is 1.67 bits per heavy atom. The quantitative estimate of drug-likeness (QED) is 0.858. The van der Waals surface area contributed by atoms with Gasteiger partial charge in [0, 0.05) is 31.9 Å². The highest BCUT2D eigenvalue weighted by molar-refractivity contribution is 6.30. The van der Waals surface area contributed by atoms with Gasteiger partial charge in [-0.1, -0.05) is 11.6 Å². The number of nitrogens with zero attached hydrogens (tertiary/aromatic N) is 2. The van der Waals surface area contributed by atoms with E-state index in [2.05, 4.69) is 27.4 Å². The van der Waals surface area contributed by atoms with Crippen LogP contribution < -0.4 is 10.6 Å². The van der Waals surface area contributed by atoms with Crippen molar-refractivity contribution in [2.45, 2.75) is 13.0 Å². The predicted molar refractivity (Wildman–Crippen MR) is 71.8 cm³/mol. The maximum absolute atomic E-state index is 11.9. The van der Waals surface area contributed by atoms with E-state index in [1.807, 2.05) is 0 Å². The molecule has 1 amide bonds. The molecular weight excluding hydrogens is 252 g/mol. The molecule has 5 nitrogen and oxygen atoms in total. The number of hydrogen-bond donors (Lipinski definition) is 2. The van der Waals surface area contributed by atoms with Gasteiger partial charge in [0.15, 0.2) is 0 Å². The number of carbonyl (C=O) groups is 1. The number of carbonyl (C=O) groups excluding carboxylic acids is 1. The number of halogens is 1. The van der Waals surface area contributed by atoms with Crippen LogP contribution in [0, 0.1) is 0 Å². The maximum atomic E-state index is 11.9. The molecule has 0 saturated carbocycles. The van der Waals surface area contributed by atoms with Crippen LogP contribution in [-0.4, -0.2) is 48.0 Å². The summed E-state index contributed by atoms with van der Waals surface area (Å²) in [7, 11) is 0. The molecule has 1 atom stereocenters. The largest absolute Gasteiger partial charge is 0.314 e. The van der Waals surface area contributed by atoms with Crippen LogP contribution in [0.5, 0.6) is 0 Å². The summed E-state index contributed by atoms with van der Waals surface area (Å²) in [6, 6.07) is 3.78. The third-order valence-electron chi connectivity index (χ3n) is 2.98. The van der Waals surface area contributed by atoms with Crippen molar-refractivity contribution >= 4 is 23.3 Å². The molecule has 1 fully saturated rings. The molecule has 1 aromatic heterocycles. The summed E-state index contributed by atoms with van der Waals surface area (Å²) in [6.45, 7) is 5.25. The normalized spacial score (nSPS) is 20.7. The van der Waals surface area contributed by atoms with Crippen molar-refractivity contribution in [2.75, 3.05) is 31.5 Å². The Morgan fingerprint density at radius 2 is 2.50 bits per heavy atom. The first-order valence-electron chi connectivity index (χ1n) is 6.01. The highest BCUT2D eigenvalue weighted by Gasteiger charge is 2.20. The smallest absolute Gasteiger partial charge is 0.239 e. The second kappa shape index (κ2) is 6.13. The van der Waals surface area contributed by atoms with Gasteiger partial charge in [0.25, 0.3) is 0 Å². The van der Waals surface area contributed by atoms with E-state index >= 15 is 0 Å². The third-order valence-corrected chi connectivity index (χ3v) is 3.20. The van der Waals surface area contributed by atoms with E-state index in [4.69, 9.17) is 11.6 Å². The summed E-state index contributed by atoms with van der Waals surface area (Å²) in [6.07, 6.45) is 1.52. The van der Waals surface area contributed by atoms with Crippen LogP contribution in [0.1, 0.15) is 6.92 Å². The Hall–Kier alpha value is -1.17. The molecule has 0 aliphatic carbocycles. The number of nitrogens with one attached hydrogen (secondary N) is 2. The zero-order valence-corrected chi connectivity index (χ0v) is 11.1. The molecule has 0 radical (unpaired) electrons. The van der Waals surface area contributed by atoms with Gasteiger partial charge in [0.05, 0.1) is 11.6 Å². The SMILES string of the molecule is C[C@H]1CNCCN1CC(=O)Nc1ccc(Cl)cn1. The first-order valence-corrected chi connectivity index (χ1v) is 6.39. The van der Waals surface area contributed by atoms with Crippen molar-refractivity contribution < 1.29 is 4.79 Å². The number of hydrogen-bond acceptors (Lipinski definition) is 4.